The van der Waals surface area contributed by atoms with Crippen LogP contribution in [0.25, 0.3) is 54.3 Å². The van der Waals surface area contributed by atoms with Crippen LogP contribution in [0.4, 0.5) is 31.4 Å². The van der Waals surface area contributed by atoms with Gasteiger partial charge in [0.1, 0.15) is 31.2 Å². The third kappa shape index (κ3) is 28.7. The minimum absolute atomic E-state index is 0. The molecule has 758 valence electrons. The van der Waals surface area contributed by atoms with E-state index in [2.05, 4.69) is 120 Å². The number of hydrogen-bond acceptors (Lipinski definition) is 24. The van der Waals surface area contributed by atoms with Gasteiger partial charge >= 0.3 is 68.1 Å². The summed E-state index contributed by atoms with van der Waals surface area (Å²) in [6, 6.07) is 68.9. The third-order valence-electron chi connectivity index (χ3n) is 24.5. The predicted octanol–water partition coefficient (Wildman–Crippen LogP) is 26.7. The molecule has 3 saturated carbocycles. The van der Waals surface area contributed by atoms with E-state index in [0.29, 0.717) is 115 Å². The number of nitrogens with one attached hydrogen (secondary N) is 3. The molecule has 18 rings (SSSR count). The number of amides is 3. The molecule has 4 aliphatic rings. The van der Waals surface area contributed by atoms with Crippen molar-refractivity contribution >= 4 is 256 Å². The number of rotatable bonds is 23. The van der Waals surface area contributed by atoms with Gasteiger partial charge in [0.05, 0.1) is 138 Å². The van der Waals surface area contributed by atoms with Crippen LogP contribution < -0.4 is 40.3 Å². The molecular weight excluding hydrogens is 2330 g/mol. The molecule has 7 N–H and O–H groups in total. The van der Waals surface area contributed by atoms with E-state index < -0.39 is 46.5 Å². The smallest absolute Gasteiger partial charge is 0.870 e. The fourth-order valence-corrected chi connectivity index (χ4v) is 21.2. The number of aliphatic carboxylic acids is 1. The van der Waals surface area contributed by atoms with Crippen molar-refractivity contribution < 1.29 is 106 Å². The number of halogens is 10. The molecule has 0 unspecified atom stereocenters. The number of ether oxygens (including phenoxy) is 5. The Hall–Kier alpha value is -9.31. The third-order valence-corrected chi connectivity index (χ3v) is 33.6. The van der Waals surface area contributed by atoms with E-state index in [1.165, 1.54) is 60.3 Å². The number of nitrogens with zero attached hydrogens (tertiary/aromatic N) is 4. The number of benzene rings is 10. The van der Waals surface area contributed by atoms with Gasteiger partial charge in [0.25, 0.3) is 0 Å². The fraction of sp³-hybridized carbons (Fsp3) is 0.248. The number of anilines is 3. The number of esters is 2. The van der Waals surface area contributed by atoms with Crippen molar-refractivity contribution in [3.8, 4) is 54.3 Å². The summed E-state index contributed by atoms with van der Waals surface area (Å²) in [5.41, 5.74) is 17.2. The van der Waals surface area contributed by atoms with Crippen LogP contribution in [0.5, 0.6) is 0 Å². The molecular formula is C105H97BCl8I2LiN7O18S4. The number of carboxylic acid groups (broad SMARTS) is 2. The number of methoxy groups -OCH3 is 2. The monoisotopic (exact) mass is 2420 g/mol. The quantitative estimate of drug-likeness (QED) is 0.0150. The van der Waals surface area contributed by atoms with Crippen molar-refractivity contribution in [3.05, 3.63) is 332 Å². The van der Waals surface area contributed by atoms with Gasteiger partial charge in [-0.15, -0.1) is 0 Å². The molecule has 25 nitrogen and oxygen atoms in total. The SMILES string of the molecule is C.COC(=O)C1(c2ccc(-c3ccc(-c4snc(C)c4NC(=O)OCc4cccc(Cl)c4Cl)cc3)cc2)CC1.COC(=O)C1(c2ccc(-c3ccc(B4OC(C)(C)C(C)(C)O4)cc3)cc2)CC1.Cc1nsc(-c2ccc(-c3ccc(C4(C(=O)O)CC4)cc3)cc2)c1NC(=O)OCc1cccc(Cl)c1Cl.Cc1nsc(I)c1C(=O)O.Cc1nsc(I)c1NC(=O)OCc1cccc(Cl)c1Cl.OCc1cccc(Cl)c1Cl.[Li+].[OH-]. The topological polar surface area (TPSA) is 362 Å². The first kappa shape index (κ1) is 119. The molecule has 3 amide bonds. The fourth-order valence-electron chi connectivity index (χ4n) is 15.0. The Morgan fingerprint density at radius 3 is 0.938 bits per heavy atom. The zero-order valence-electron chi connectivity index (χ0n) is 79.6. The van der Waals surface area contributed by atoms with Crippen molar-refractivity contribution in [2.75, 3.05) is 30.2 Å². The van der Waals surface area contributed by atoms with Gasteiger partial charge in [0.2, 0.25) is 0 Å². The Kier molecular flexibility index (Phi) is 42.6. The molecule has 5 heterocycles. The summed E-state index contributed by atoms with van der Waals surface area (Å²) >= 11 is 56.9. The summed E-state index contributed by atoms with van der Waals surface area (Å²) in [5, 5.41) is 38.4. The Morgan fingerprint density at radius 1 is 0.390 bits per heavy atom. The molecule has 10 aromatic carbocycles. The van der Waals surface area contributed by atoms with Gasteiger partial charge in [-0.05, 0) is 282 Å². The maximum absolute atomic E-state index is 12.6. The van der Waals surface area contributed by atoms with E-state index in [-0.39, 0.29) is 88.5 Å². The van der Waals surface area contributed by atoms with E-state index in [1.807, 2.05) is 153 Å². The van der Waals surface area contributed by atoms with Crippen LogP contribution in [0.2, 0.25) is 40.2 Å². The number of carboxylic acids is 2. The molecule has 3 aliphatic carbocycles. The van der Waals surface area contributed by atoms with E-state index in [9.17, 15) is 38.7 Å². The largest absolute Gasteiger partial charge is 1.00 e. The number of aliphatic hydroxyl groups excluding tert-OH is 1. The Balaban J connectivity index is 0.000000189. The summed E-state index contributed by atoms with van der Waals surface area (Å²) in [6.07, 6.45) is 2.95. The van der Waals surface area contributed by atoms with E-state index in [0.717, 1.165) is 114 Å². The number of hydrogen-bond donors (Lipinski definition) is 6. The number of aromatic nitrogens is 4. The second-order valence-electron chi connectivity index (χ2n) is 34.3. The molecule has 0 radical (unpaired) electrons. The standard InChI is InChI=1S/C29H24Cl2N2O4S.C28H22Cl2N2O4S.C23H27BO4.C12H9Cl2IN2O2S.C7H6Cl2O.C5H4INO2S.CH4.Li.H2O/c1-17-25(32-28(35)37-16-21-4-3-5-23(30)24(21)31)26(38-33-17)20-8-6-18(7-9-20)19-10-12-22(13-11-19)29(14-15-29)27(34)36-2;1-16-24(31-27(35)36-15-20-3-2-4-22(29)23(20)30)25(37-32-16)19-7-5-17(6-8-19)18-9-11-21(12-10-18)28(13-14-28)26(33)34;1-21(2)22(3,4)28-24(27-21)19-12-8-17(9-13-19)16-6-10-18(11-7-16)23(14-15-23)20(25)26-5;1-6-10(11(15)20-17-6)16-12(18)19-5-7-3-2-4-8(13)9(7)14;8-6-3-1-2-5(4-10)7(6)9;1-2-3(5(8)9)4(6)10-7-2;;;/h3-13H,14-16H2,1-2H3,(H,32,35);2-12H,13-15H2,1H3,(H,31,35)(H,33,34);6-13H,14-15H2,1-5H3;2-4H,5H2,1H3,(H,16,18);1-3,10H,4H2;1H3,(H,8,9);1H4;;1H2/q;;;;;;;+1;/p-1. The van der Waals surface area contributed by atoms with Crippen LogP contribution in [0.1, 0.15) is 146 Å². The van der Waals surface area contributed by atoms with Crippen molar-refractivity contribution in [1.29, 1.82) is 0 Å². The molecule has 41 heteroatoms. The molecule has 146 heavy (non-hydrogen) atoms. The van der Waals surface area contributed by atoms with E-state index in [4.69, 9.17) is 136 Å². The summed E-state index contributed by atoms with van der Waals surface area (Å²) in [7, 11) is 2.54. The average molecular weight is 2430 g/mol. The summed E-state index contributed by atoms with van der Waals surface area (Å²) in [4.78, 5) is 84.8. The Labute approximate surface area is 941 Å². The minimum Gasteiger partial charge on any atom is -0.870 e. The molecule has 1 aliphatic heterocycles. The number of aliphatic hydroxyl groups is 1. The molecule has 0 atom stereocenters. The molecule has 1 saturated heterocycles. The van der Waals surface area contributed by atoms with Gasteiger partial charge in [0.15, 0.2) is 0 Å². The number of carbonyl (C=O) groups excluding carboxylic acids is 5. The predicted molar refractivity (Wildman–Crippen MR) is 595 cm³/mol. The Bertz CT molecular complexity index is 6950. The van der Waals surface area contributed by atoms with E-state index in [1.54, 1.807) is 79.7 Å². The van der Waals surface area contributed by atoms with Gasteiger partial charge in [-0.1, -0.05) is 294 Å². The second-order valence-corrected chi connectivity index (χ2v) is 44.2. The molecule has 0 spiro atoms. The van der Waals surface area contributed by atoms with Crippen LogP contribution in [-0.4, -0.2) is 113 Å². The second kappa shape index (κ2) is 52.4. The molecule has 4 fully saturated rings. The number of aromatic carboxylic acids is 1. The van der Waals surface area contributed by atoms with Gasteiger partial charge < -0.3 is 53.8 Å². The molecule has 4 aromatic heterocycles. The van der Waals surface area contributed by atoms with Gasteiger partial charge in [-0.2, -0.15) is 17.5 Å². The Morgan fingerprint density at radius 2 is 0.664 bits per heavy atom. The average Bonchev–Trinajstić information content (AvgIpc) is 1.60. The molecule has 0 bridgehead atoms. The number of aryl methyl sites for hydroxylation is 4. The minimum atomic E-state index is -0.893. The normalized spacial score (nSPS) is 13.9. The molecule has 14 aromatic rings. The zero-order valence-corrected chi connectivity index (χ0v) is 93.3. The zero-order chi connectivity index (χ0) is 103. The summed E-state index contributed by atoms with van der Waals surface area (Å²) in [6.45, 7) is 15.4. The van der Waals surface area contributed by atoms with Crippen LogP contribution in [0, 0.1) is 33.5 Å². The van der Waals surface area contributed by atoms with Gasteiger partial charge in [-0.25, -0.2) is 19.2 Å². The first-order chi connectivity index (χ1) is 68.1. The van der Waals surface area contributed by atoms with Crippen molar-refractivity contribution in [2.24, 2.45) is 0 Å². The summed E-state index contributed by atoms with van der Waals surface area (Å²) < 4.78 is 56.6. The van der Waals surface area contributed by atoms with Crippen molar-refractivity contribution in [2.45, 2.75) is 155 Å². The first-order valence-electron chi connectivity index (χ1n) is 44.1. The van der Waals surface area contributed by atoms with Crippen LogP contribution >= 0.6 is 184 Å². The van der Waals surface area contributed by atoms with Crippen LogP contribution in [0.15, 0.2) is 218 Å². The number of carbonyl (C=O) groups is 7. The van der Waals surface area contributed by atoms with Crippen molar-refractivity contribution in [3.63, 3.8) is 0 Å². The van der Waals surface area contributed by atoms with E-state index >= 15 is 0 Å². The maximum Gasteiger partial charge on any atom is 1.00 e. The maximum atomic E-state index is 12.6. The van der Waals surface area contributed by atoms with Crippen LogP contribution in [0.3, 0.4) is 0 Å². The van der Waals surface area contributed by atoms with Crippen molar-refractivity contribution in [1.82, 2.24) is 17.5 Å². The van der Waals surface area contributed by atoms with Crippen LogP contribution in [-0.2, 0) is 90.0 Å². The first-order valence-corrected chi connectivity index (χ1v) is 52.4. The van der Waals surface area contributed by atoms with Gasteiger partial charge in [0, 0.05) is 16.7 Å². The summed E-state index contributed by atoms with van der Waals surface area (Å²) in [5.74, 6) is -1.95. The van der Waals surface area contributed by atoms with Gasteiger partial charge in [-0.3, -0.25) is 30.3 Å².